The summed E-state index contributed by atoms with van der Waals surface area (Å²) in [6.07, 6.45) is 4.43. The van der Waals surface area contributed by atoms with E-state index in [0.717, 1.165) is 53.0 Å². The van der Waals surface area contributed by atoms with E-state index in [1.165, 1.54) is 11.0 Å². The SMILES string of the molecule is Cc1cc(N2CCOCC2)c2cccc(OCc3c(Cl)ccc(N(C)C(=O)CNC(=O)/C=C/c4ccc(N5CCCC5=O)cc4)c3Cl)c2n1.Cl. The minimum Gasteiger partial charge on any atom is -0.487 e. The Morgan fingerprint density at radius 1 is 1.06 bits per heavy atom. The maximum Gasteiger partial charge on any atom is 0.246 e. The van der Waals surface area contributed by atoms with Gasteiger partial charge in [0.05, 0.1) is 30.5 Å². The molecular weight excluding hydrogens is 701 g/mol. The van der Waals surface area contributed by atoms with Crippen molar-refractivity contribution in [2.45, 2.75) is 26.4 Å². The van der Waals surface area contributed by atoms with Crippen molar-refractivity contribution in [2.24, 2.45) is 0 Å². The average Bonchev–Trinajstić information content (AvgIpc) is 3.55. The highest BCUT2D eigenvalue weighted by atomic mass is 35.5. The molecule has 2 aliphatic rings. The average molecular weight is 739 g/mol. The van der Waals surface area contributed by atoms with Crippen LogP contribution in [0, 0.1) is 6.92 Å². The maximum atomic E-state index is 13.1. The van der Waals surface area contributed by atoms with Gasteiger partial charge in [0.15, 0.2) is 0 Å². The summed E-state index contributed by atoms with van der Waals surface area (Å²) < 4.78 is 11.8. The molecule has 13 heteroatoms. The van der Waals surface area contributed by atoms with Gasteiger partial charge in [-0.15, -0.1) is 12.4 Å². The molecular formula is C37H38Cl3N5O5. The number of hydrogen-bond acceptors (Lipinski definition) is 7. The molecule has 0 atom stereocenters. The van der Waals surface area contributed by atoms with Gasteiger partial charge in [0.25, 0.3) is 0 Å². The van der Waals surface area contributed by atoms with Gasteiger partial charge in [-0.05, 0) is 61.4 Å². The van der Waals surface area contributed by atoms with Crippen LogP contribution in [0.4, 0.5) is 17.1 Å². The van der Waals surface area contributed by atoms with Gasteiger partial charge >= 0.3 is 0 Å². The van der Waals surface area contributed by atoms with E-state index >= 15 is 0 Å². The highest BCUT2D eigenvalue weighted by Gasteiger charge is 2.22. The van der Waals surface area contributed by atoms with Gasteiger partial charge in [0.1, 0.15) is 17.9 Å². The fourth-order valence-corrected chi connectivity index (χ4v) is 6.58. The Balaban J connectivity index is 0.00000486. The van der Waals surface area contributed by atoms with E-state index in [9.17, 15) is 14.4 Å². The predicted molar refractivity (Wildman–Crippen MR) is 201 cm³/mol. The first-order valence-electron chi connectivity index (χ1n) is 16.1. The van der Waals surface area contributed by atoms with Crippen LogP contribution in [0.15, 0.2) is 66.7 Å². The van der Waals surface area contributed by atoms with Crippen molar-refractivity contribution in [3.63, 3.8) is 0 Å². The fraction of sp³-hybridized carbons (Fsp3) is 0.297. The third-order valence-corrected chi connectivity index (χ3v) is 9.43. The maximum absolute atomic E-state index is 13.1. The molecule has 0 aliphatic carbocycles. The second kappa shape index (κ2) is 16.6. The van der Waals surface area contributed by atoms with E-state index in [1.807, 2.05) is 49.4 Å². The van der Waals surface area contributed by atoms with Crippen LogP contribution in [0.5, 0.6) is 5.75 Å². The number of anilines is 3. The Morgan fingerprint density at radius 2 is 1.82 bits per heavy atom. The number of para-hydroxylation sites is 1. The number of amides is 3. The molecule has 2 saturated heterocycles. The molecule has 4 aromatic rings. The summed E-state index contributed by atoms with van der Waals surface area (Å²) in [5.41, 5.74) is 5.28. The molecule has 2 aliphatic heterocycles. The Morgan fingerprint density at radius 3 is 2.54 bits per heavy atom. The molecule has 262 valence electrons. The van der Waals surface area contributed by atoms with E-state index in [0.29, 0.717) is 48.2 Å². The summed E-state index contributed by atoms with van der Waals surface area (Å²) in [6, 6.07) is 18.6. The van der Waals surface area contributed by atoms with Crippen molar-refractivity contribution in [1.82, 2.24) is 10.3 Å². The lowest BCUT2D eigenvalue weighted by atomic mass is 10.1. The lowest BCUT2D eigenvalue weighted by molar-refractivity contribution is -0.122. The largest absolute Gasteiger partial charge is 0.487 e. The number of carbonyl (C=O) groups excluding carboxylic acids is 3. The van der Waals surface area contributed by atoms with Gasteiger partial charge in [0, 0.05) is 72.2 Å². The Bertz CT molecular complexity index is 1910. The first-order chi connectivity index (χ1) is 23.7. The molecule has 0 spiro atoms. The van der Waals surface area contributed by atoms with Crippen molar-refractivity contribution in [2.75, 3.05) is 61.1 Å². The molecule has 0 bridgehead atoms. The van der Waals surface area contributed by atoms with E-state index in [1.54, 1.807) is 30.2 Å². The van der Waals surface area contributed by atoms with Gasteiger partial charge in [-0.2, -0.15) is 0 Å². The molecule has 1 aromatic heterocycles. The molecule has 1 N–H and O–H groups in total. The van der Waals surface area contributed by atoms with Crippen LogP contribution in [-0.4, -0.2) is 69.1 Å². The third-order valence-electron chi connectivity index (χ3n) is 8.65. The van der Waals surface area contributed by atoms with Crippen LogP contribution in [0.3, 0.4) is 0 Å². The molecule has 50 heavy (non-hydrogen) atoms. The van der Waals surface area contributed by atoms with E-state index in [-0.39, 0.29) is 42.4 Å². The smallest absolute Gasteiger partial charge is 0.246 e. The molecule has 3 amide bonds. The van der Waals surface area contributed by atoms with Gasteiger partial charge in [-0.1, -0.05) is 47.5 Å². The summed E-state index contributed by atoms with van der Waals surface area (Å²) in [7, 11) is 1.58. The first kappa shape index (κ1) is 36.9. The Kier molecular flexibility index (Phi) is 12.2. The number of hydrogen-bond donors (Lipinski definition) is 1. The molecule has 3 heterocycles. The molecule has 0 saturated carbocycles. The number of halogens is 3. The molecule has 0 unspecified atom stereocenters. The number of carbonyl (C=O) groups is 3. The highest BCUT2D eigenvalue weighted by molar-refractivity contribution is 6.38. The lowest BCUT2D eigenvalue weighted by Crippen LogP contribution is -2.37. The summed E-state index contributed by atoms with van der Waals surface area (Å²) in [5.74, 6) is -0.0888. The topological polar surface area (TPSA) is 104 Å². The first-order valence-corrected chi connectivity index (χ1v) is 16.9. The van der Waals surface area contributed by atoms with Crippen LogP contribution in [0.25, 0.3) is 17.0 Å². The van der Waals surface area contributed by atoms with Crippen LogP contribution in [0.2, 0.25) is 10.0 Å². The number of aromatic nitrogens is 1. The molecule has 3 aromatic carbocycles. The number of aryl methyl sites for hydroxylation is 1. The third kappa shape index (κ3) is 8.33. The van der Waals surface area contributed by atoms with Crippen LogP contribution in [0.1, 0.15) is 29.7 Å². The number of rotatable bonds is 10. The number of nitrogens with zero attached hydrogens (tertiary/aromatic N) is 4. The van der Waals surface area contributed by atoms with E-state index in [4.69, 9.17) is 37.7 Å². The van der Waals surface area contributed by atoms with Gasteiger partial charge in [0.2, 0.25) is 17.7 Å². The predicted octanol–water partition coefficient (Wildman–Crippen LogP) is 6.61. The van der Waals surface area contributed by atoms with E-state index < -0.39 is 5.91 Å². The van der Waals surface area contributed by atoms with Crippen molar-refractivity contribution in [1.29, 1.82) is 0 Å². The summed E-state index contributed by atoms with van der Waals surface area (Å²) in [5, 5.41) is 4.27. The van der Waals surface area contributed by atoms with Crippen LogP contribution in [-0.2, 0) is 25.7 Å². The number of ether oxygens (including phenoxy) is 2. The standard InChI is InChI=1S/C37H37Cl2N5O5.ClH/c1-24-21-31(43-17-19-48-20-18-43)27-5-3-6-32(37(27)41-24)49-23-28-29(38)13-14-30(36(28)39)42(2)35(47)22-40-33(45)15-10-25-8-11-26(12-9-25)44-16-4-7-34(44)46;/h3,5-6,8-15,21H,4,7,16-20,22-23H2,1-2H3,(H,40,45);1H/b15-10+;. The fourth-order valence-electron chi connectivity index (χ4n) is 5.97. The summed E-state index contributed by atoms with van der Waals surface area (Å²) in [4.78, 5) is 47.8. The number of morpholine rings is 1. The van der Waals surface area contributed by atoms with Crippen molar-refractivity contribution >= 4 is 87.4 Å². The second-order valence-corrected chi connectivity index (χ2v) is 12.7. The second-order valence-electron chi connectivity index (χ2n) is 11.9. The van der Waals surface area contributed by atoms with Gasteiger partial charge in [-0.3, -0.25) is 14.4 Å². The minimum absolute atomic E-state index is 0. The van der Waals surface area contributed by atoms with E-state index in [2.05, 4.69) is 16.3 Å². The quantitative estimate of drug-likeness (QED) is 0.183. The monoisotopic (exact) mass is 737 g/mol. The zero-order chi connectivity index (χ0) is 34.5. The lowest BCUT2D eigenvalue weighted by Gasteiger charge is -2.30. The zero-order valence-corrected chi connectivity index (χ0v) is 30.1. The Hall–Kier alpha value is -4.35. The highest BCUT2D eigenvalue weighted by Crippen LogP contribution is 2.37. The van der Waals surface area contributed by atoms with Crippen molar-refractivity contribution in [3.05, 3.63) is 93.6 Å². The van der Waals surface area contributed by atoms with Crippen molar-refractivity contribution in [3.8, 4) is 5.75 Å². The number of likely N-dealkylation sites (N-methyl/N-ethyl adjacent to an activating group) is 1. The minimum atomic E-state index is -0.424. The molecule has 0 radical (unpaired) electrons. The summed E-state index contributed by atoms with van der Waals surface area (Å²) >= 11 is 13.4. The molecule has 10 nitrogen and oxygen atoms in total. The number of nitrogens with one attached hydrogen (secondary N) is 1. The normalized spacial score (nSPS) is 14.6. The molecule has 2 fully saturated rings. The summed E-state index contributed by atoms with van der Waals surface area (Å²) in [6.45, 7) is 5.42. The zero-order valence-electron chi connectivity index (χ0n) is 27.8. The van der Waals surface area contributed by atoms with Crippen LogP contribution >= 0.6 is 35.6 Å². The van der Waals surface area contributed by atoms with Crippen LogP contribution < -0.4 is 24.8 Å². The number of fused-ring (bicyclic) bond motifs is 1. The molecule has 6 rings (SSSR count). The van der Waals surface area contributed by atoms with Gasteiger partial charge < -0.3 is 29.5 Å². The number of pyridine rings is 1. The van der Waals surface area contributed by atoms with Crippen molar-refractivity contribution < 1.29 is 23.9 Å². The van der Waals surface area contributed by atoms with Gasteiger partial charge in [-0.25, -0.2) is 4.98 Å². The Labute approximate surface area is 307 Å². The number of benzene rings is 3.